The van der Waals surface area contributed by atoms with Crippen LogP contribution in [0.3, 0.4) is 0 Å². The summed E-state index contributed by atoms with van der Waals surface area (Å²) in [4.78, 5) is 13.0. The molecule has 0 amide bonds. The predicted octanol–water partition coefficient (Wildman–Crippen LogP) is 0.510. The fourth-order valence-corrected chi connectivity index (χ4v) is 3.64. The average molecular weight is 415 g/mol. The number of ether oxygens (including phenoxy) is 4. The van der Waals surface area contributed by atoms with Crippen LogP contribution in [0.1, 0.15) is 26.7 Å². The molecular weight excluding hydrogens is 382 g/mol. The van der Waals surface area contributed by atoms with Crippen molar-refractivity contribution in [2.24, 2.45) is 0 Å². The first kappa shape index (κ1) is 23.9. The average Bonchev–Trinajstić information content (AvgIpc) is 2.74. The highest BCUT2D eigenvalue weighted by molar-refractivity contribution is 5.74. The molecule has 0 aromatic carbocycles. The largest absolute Gasteiger partial charge is 0.507 e. The van der Waals surface area contributed by atoms with Gasteiger partial charge in [-0.2, -0.15) is 0 Å². The van der Waals surface area contributed by atoms with Gasteiger partial charge in [-0.05, 0) is 13.8 Å². The van der Waals surface area contributed by atoms with Crippen molar-refractivity contribution in [2.45, 2.75) is 63.6 Å². The van der Waals surface area contributed by atoms with Gasteiger partial charge in [-0.15, -0.1) is 0 Å². The van der Waals surface area contributed by atoms with E-state index < -0.39 is 24.6 Å². The van der Waals surface area contributed by atoms with Crippen molar-refractivity contribution in [3.8, 4) is 0 Å². The number of hydrogen-bond acceptors (Lipinski definition) is 9. The van der Waals surface area contributed by atoms with Gasteiger partial charge < -0.3 is 34.3 Å². The molecule has 0 aromatic rings. The van der Waals surface area contributed by atoms with Crippen LogP contribution in [0, 0.1) is 0 Å². The molecule has 1 unspecified atom stereocenters. The van der Waals surface area contributed by atoms with Crippen LogP contribution in [-0.2, 0) is 23.7 Å². The molecule has 2 aliphatic heterocycles. The molecule has 0 spiro atoms. The number of nitrogens with zero attached hydrogens (tertiary/aromatic N) is 1. The van der Waals surface area contributed by atoms with Gasteiger partial charge >= 0.3 is 0 Å². The molecule has 0 aromatic heterocycles. The second-order valence-electron chi connectivity index (χ2n) is 7.41. The molecule has 166 valence electrons. The summed E-state index contributed by atoms with van der Waals surface area (Å²) in [6.07, 6.45) is -1.87. The molecule has 2 rings (SSSR count). The Bertz CT molecular complexity index is 595. The van der Waals surface area contributed by atoms with Crippen molar-refractivity contribution in [1.82, 2.24) is 4.90 Å². The standard InChI is InChI=1S/C20H33NO8/c1-12(11-23)19(24)13(2)16(5-7-22)29-17-9-15(20(25)14(3)28-17)21-6-8-27-18(10-21)26-4/h11,14-18,20,22,24-25H,2,5-10H2,1,3-4H3/b19-12-/t14-,15+,16-,17?,18-,20+/m0/s1. The van der Waals surface area contributed by atoms with Crippen LogP contribution in [0.4, 0.5) is 0 Å². The Morgan fingerprint density at radius 1 is 1.41 bits per heavy atom. The number of carbonyl (C=O) groups excluding carboxylic acids is 1. The third kappa shape index (κ3) is 6.08. The van der Waals surface area contributed by atoms with Crippen molar-refractivity contribution in [2.75, 3.05) is 33.4 Å². The number of morpholine rings is 1. The van der Waals surface area contributed by atoms with E-state index in [1.165, 1.54) is 6.92 Å². The van der Waals surface area contributed by atoms with Gasteiger partial charge in [0.2, 0.25) is 0 Å². The van der Waals surface area contributed by atoms with Crippen LogP contribution >= 0.6 is 0 Å². The minimum absolute atomic E-state index is 0.131. The van der Waals surface area contributed by atoms with Gasteiger partial charge in [-0.25, -0.2) is 0 Å². The van der Waals surface area contributed by atoms with E-state index in [1.807, 2.05) is 0 Å². The number of allylic oxidation sites excluding steroid dienone is 1. The van der Waals surface area contributed by atoms with Gasteiger partial charge in [-0.3, -0.25) is 9.69 Å². The lowest BCUT2D eigenvalue weighted by atomic mass is 9.97. The van der Waals surface area contributed by atoms with Gasteiger partial charge in [0.15, 0.2) is 12.6 Å². The zero-order valence-corrected chi connectivity index (χ0v) is 17.3. The van der Waals surface area contributed by atoms with E-state index >= 15 is 0 Å². The van der Waals surface area contributed by atoms with Crippen LogP contribution in [0.2, 0.25) is 0 Å². The summed E-state index contributed by atoms with van der Waals surface area (Å²) in [7, 11) is 1.58. The Hall–Kier alpha value is -1.33. The minimum atomic E-state index is -0.737. The van der Waals surface area contributed by atoms with Gasteiger partial charge in [0.25, 0.3) is 0 Å². The molecule has 2 aliphatic rings. The number of aliphatic hydroxyl groups is 3. The van der Waals surface area contributed by atoms with Crippen LogP contribution in [0.5, 0.6) is 0 Å². The Labute approximate surface area is 171 Å². The topological polar surface area (TPSA) is 118 Å². The zero-order chi connectivity index (χ0) is 21.6. The molecule has 0 saturated carbocycles. The van der Waals surface area contributed by atoms with Gasteiger partial charge in [0.1, 0.15) is 12.0 Å². The highest BCUT2D eigenvalue weighted by Crippen LogP contribution is 2.29. The first-order chi connectivity index (χ1) is 13.8. The van der Waals surface area contributed by atoms with E-state index in [4.69, 9.17) is 18.9 Å². The second kappa shape index (κ2) is 11.2. The monoisotopic (exact) mass is 415 g/mol. The fraction of sp³-hybridized carbons (Fsp3) is 0.750. The molecule has 2 heterocycles. The molecule has 29 heavy (non-hydrogen) atoms. The number of aliphatic hydroxyl groups excluding tert-OH is 3. The van der Waals surface area contributed by atoms with Crippen LogP contribution in [-0.4, -0.2) is 96.9 Å². The van der Waals surface area contributed by atoms with E-state index in [2.05, 4.69) is 11.5 Å². The Kier molecular flexibility index (Phi) is 9.22. The van der Waals surface area contributed by atoms with E-state index in [1.54, 1.807) is 14.0 Å². The number of rotatable bonds is 9. The van der Waals surface area contributed by atoms with Gasteiger partial charge in [0, 0.05) is 56.8 Å². The number of methoxy groups -OCH3 is 1. The van der Waals surface area contributed by atoms with E-state index in [0.717, 1.165) is 0 Å². The lowest BCUT2D eigenvalue weighted by Crippen LogP contribution is -2.59. The quantitative estimate of drug-likeness (QED) is 0.214. The van der Waals surface area contributed by atoms with Crippen LogP contribution in [0.25, 0.3) is 0 Å². The van der Waals surface area contributed by atoms with E-state index in [-0.39, 0.29) is 42.3 Å². The van der Waals surface area contributed by atoms with Crippen molar-refractivity contribution in [3.63, 3.8) is 0 Å². The number of aldehydes is 1. The Morgan fingerprint density at radius 3 is 2.76 bits per heavy atom. The maximum absolute atomic E-state index is 10.9. The van der Waals surface area contributed by atoms with Crippen molar-refractivity contribution in [3.05, 3.63) is 23.5 Å². The maximum Gasteiger partial charge on any atom is 0.169 e. The summed E-state index contributed by atoms with van der Waals surface area (Å²) in [6.45, 7) is 8.54. The summed E-state index contributed by atoms with van der Waals surface area (Å²) in [5.41, 5.74) is 0.333. The maximum atomic E-state index is 10.9. The lowest BCUT2D eigenvalue weighted by molar-refractivity contribution is -0.258. The molecule has 2 saturated heterocycles. The molecule has 9 heteroatoms. The van der Waals surface area contributed by atoms with E-state index in [9.17, 15) is 20.1 Å². The first-order valence-corrected chi connectivity index (χ1v) is 9.84. The van der Waals surface area contributed by atoms with Gasteiger partial charge in [0.05, 0.1) is 24.9 Å². The molecular formula is C20H33NO8. The molecule has 3 N–H and O–H groups in total. The fourth-order valence-electron chi connectivity index (χ4n) is 3.64. The van der Waals surface area contributed by atoms with E-state index in [0.29, 0.717) is 32.4 Å². The summed E-state index contributed by atoms with van der Waals surface area (Å²) >= 11 is 0. The predicted molar refractivity (Wildman–Crippen MR) is 104 cm³/mol. The van der Waals surface area contributed by atoms with Crippen LogP contribution < -0.4 is 0 Å². The van der Waals surface area contributed by atoms with Crippen molar-refractivity contribution in [1.29, 1.82) is 0 Å². The zero-order valence-electron chi connectivity index (χ0n) is 17.3. The summed E-state index contributed by atoms with van der Waals surface area (Å²) in [5.74, 6) is -0.255. The minimum Gasteiger partial charge on any atom is -0.507 e. The number of carbonyl (C=O) groups is 1. The number of hydrogen-bond donors (Lipinski definition) is 3. The Balaban J connectivity index is 2.11. The molecule has 0 radical (unpaired) electrons. The van der Waals surface area contributed by atoms with Gasteiger partial charge in [-0.1, -0.05) is 6.58 Å². The highest BCUT2D eigenvalue weighted by atomic mass is 16.7. The molecule has 9 nitrogen and oxygen atoms in total. The third-order valence-corrected chi connectivity index (χ3v) is 5.42. The first-order valence-electron chi connectivity index (χ1n) is 9.84. The smallest absolute Gasteiger partial charge is 0.169 e. The second-order valence-corrected chi connectivity index (χ2v) is 7.41. The summed E-state index contributed by atoms with van der Waals surface area (Å²) in [6, 6.07) is -0.228. The SMILES string of the molecule is C=C(/C(O)=C(\C)C=O)[C@H](CCO)OC1C[C@@H](N2CCO[C@H](OC)C2)[C@H](O)[C@H](C)O1. The van der Waals surface area contributed by atoms with Crippen LogP contribution in [0.15, 0.2) is 23.5 Å². The third-order valence-electron chi connectivity index (χ3n) is 5.42. The lowest BCUT2D eigenvalue weighted by Gasteiger charge is -2.46. The molecule has 0 bridgehead atoms. The molecule has 6 atom stereocenters. The normalized spacial score (nSPS) is 33.1. The summed E-state index contributed by atoms with van der Waals surface area (Å²) in [5, 5.41) is 30.2. The summed E-state index contributed by atoms with van der Waals surface area (Å²) < 4.78 is 22.6. The Morgan fingerprint density at radius 2 is 2.14 bits per heavy atom. The highest BCUT2D eigenvalue weighted by Gasteiger charge is 2.41. The molecule has 2 fully saturated rings. The van der Waals surface area contributed by atoms with Crippen molar-refractivity contribution < 1.29 is 39.1 Å². The molecule has 0 aliphatic carbocycles. The van der Waals surface area contributed by atoms with Crippen molar-refractivity contribution >= 4 is 6.29 Å².